The maximum atomic E-state index is 6.04. The Hall–Kier alpha value is -1.63. The Morgan fingerprint density at radius 2 is 2.23 bits per heavy atom. The summed E-state index contributed by atoms with van der Waals surface area (Å²) < 4.78 is 10.9. The predicted octanol–water partition coefficient (Wildman–Crippen LogP) is 2.22. The van der Waals surface area contributed by atoms with Gasteiger partial charge in [0, 0.05) is 49.3 Å². The van der Waals surface area contributed by atoms with Gasteiger partial charge in [-0.3, -0.25) is 4.90 Å². The summed E-state index contributed by atoms with van der Waals surface area (Å²) in [6.45, 7) is 2.39. The lowest BCUT2D eigenvalue weighted by atomic mass is 10.0. The van der Waals surface area contributed by atoms with Crippen LogP contribution in [-0.4, -0.2) is 37.2 Å². The molecule has 0 aliphatic carbocycles. The molecular weight excluding hydrogens is 298 g/mol. The summed E-state index contributed by atoms with van der Waals surface area (Å²) in [6, 6.07) is 4.21. The average molecular weight is 319 g/mol. The van der Waals surface area contributed by atoms with Gasteiger partial charge < -0.3 is 15.2 Å². The third-order valence-electron chi connectivity index (χ3n) is 4.12. The van der Waals surface area contributed by atoms with Crippen LogP contribution in [0.4, 0.5) is 0 Å². The molecule has 0 spiro atoms. The number of rotatable bonds is 6. The monoisotopic (exact) mass is 319 g/mol. The number of thiazole rings is 1. The first-order chi connectivity index (χ1) is 10.8. The zero-order valence-electron chi connectivity index (χ0n) is 12.9. The van der Waals surface area contributed by atoms with Crippen LogP contribution in [-0.2, 0) is 13.0 Å². The molecule has 1 aromatic carbocycles. The Bertz CT molecular complexity index is 631. The molecule has 1 atom stereocenters. The van der Waals surface area contributed by atoms with Crippen molar-refractivity contribution in [2.45, 2.75) is 19.0 Å². The summed E-state index contributed by atoms with van der Waals surface area (Å²) in [4.78, 5) is 6.75. The number of benzene rings is 1. The van der Waals surface area contributed by atoms with Gasteiger partial charge in [-0.2, -0.15) is 0 Å². The van der Waals surface area contributed by atoms with Crippen molar-refractivity contribution in [1.82, 2.24) is 9.88 Å². The van der Waals surface area contributed by atoms with Crippen molar-refractivity contribution >= 4 is 11.3 Å². The van der Waals surface area contributed by atoms with Gasteiger partial charge in [0.25, 0.3) is 0 Å². The van der Waals surface area contributed by atoms with Crippen molar-refractivity contribution in [1.29, 1.82) is 0 Å². The third-order valence-corrected chi connectivity index (χ3v) is 4.96. The second-order valence-corrected chi connectivity index (χ2v) is 6.28. The largest absolute Gasteiger partial charge is 0.497 e. The average Bonchev–Trinajstić information content (AvgIpc) is 3.18. The van der Waals surface area contributed by atoms with Crippen LogP contribution in [0, 0.1) is 0 Å². The molecule has 6 heteroatoms. The van der Waals surface area contributed by atoms with E-state index in [1.54, 1.807) is 25.6 Å². The molecule has 0 bridgehead atoms. The highest BCUT2D eigenvalue weighted by Gasteiger charge is 2.32. The lowest BCUT2D eigenvalue weighted by molar-refractivity contribution is 0.220. The number of hydrogen-bond acceptors (Lipinski definition) is 6. The normalized spacial score (nSPS) is 17.5. The van der Waals surface area contributed by atoms with Gasteiger partial charge in [0.05, 0.1) is 25.3 Å². The van der Waals surface area contributed by atoms with Gasteiger partial charge in [-0.25, -0.2) is 4.98 Å². The molecule has 5 nitrogen and oxygen atoms in total. The number of fused-ring (bicyclic) bond motifs is 1. The summed E-state index contributed by atoms with van der Waals surface area (Å²) in [7, 11) is 3.37. The minimum Gasteiger partial charge on any atom is -0.497 e. The number of nitrogens with two attached hydrogens (primary N) is 1. The molecule has 0 amide bonds. The maximum Gasteiger partial charge on any atom is 0.127 e. The minimum atomic E-state index is 0.191. The van der Waals surface area contributed by atoms with Gasteiger partial charge in [-0.1, -0.05) is 0 Å². The van der Waals surface area contributed by atoms with Crippen LogP contribution >= 0.6 is 11.3 Å². The SMILES string of the molecule is COc1cc2c(c(OC)c1)C(CN)N(CCc1nccs1)C2. The number of nitrogens with zero attached hydrogens (tertiary/aromatic N) is 2. The molecule has 0 saturated carbocycles. The van der Waals surface area contributed by atoms with E-state index in [0.29, 0.717) is 6.54 Å². The summed E-state index contributed by atoms with van der Waals surface area (Å²) >= 11 is 1.70. The van der Waals surface area contributed by atoms with E-state index in [1.165, 1.54) is 11.1 Å². The Balaban J connectivity index is 1.83. The fourth-order valence-electron chi connectivity index (χ4n) is 3.08. The highest BCUT2D eigenvalue weighted by atomic mass is 32.1. The van der Waals surface area contributed by atoms with E-state index in [-0.39, 0.29) is 6.04 Å². The molecule has 2 heterocycles. The van der Waals surface area contributed by atoms with Gasteiger partial charge in [0.1, 0.15) is 11.5 Å². The van der Waals surface area contributed by atoms with Gasteiger partial charge in [-0.05, 0) is 11.6 Å². The predicted molar refractivity (Wildman–Crippen MR) is 87.6 cm³/mol. The molecule has 1 aliphatic heterocycles. The number of hydrogen-bond donors (Lipinski definition) is 1. The first kappa shape index (κ1) is 15.3. The van der Waals surface area contributed by atoms with Crippen LogP contribution in [0.25, 0.3) is 0 Å². The summed E-state index contributed by atoms with van der Waals surface area (Å²) in [5, 5.41) is 3.18. The van der Waals surface area contributed by atoms with Crippen LogP contribution in [0.2, 0.25) is 0 Å². The van der Waals surface area contributed by atoms with E-state index >= 15 is 0 Å². The topological polar surface area (TPSA) is 60.6 Å². The number of methoxy groups -OCH3 is 2. The van der Waals surface area contributed by atoms with Crippen LogP contribution in [0.5, 0.6) is 11.5 Å². The third kappa shape index (κ3) is 2.82. The fourth-order valence-corrected chi connectivity index (χ4v) is 3.69. The van der Waals surface area contributed by atoms with Crippen LogP contribution in [0.15, 0.2) is 23.7 Å². The van der Waals surface area contributed by atoms with E-state index in [0.717, 1.165) is 36.0 Å². The van der Waals surface area contributed by atoms with E-state index in [2.05, 4.69) is 16.0 Å². The molecule has 1 aliphatic rings. The first-order valence-electron chi connectivity index (χ1n) is 7.34. The number of aromatic nitrogens is 1. The molecule has 0 saturated heterocycles. The minimum absolute atomic E-state index is 0.191. The molecular formula is C16H21N3O2S. The van der Waals surface area contributed by atoms with Gasteiger partial charge in [-0.15, -0.1) is 11.3 Å². The Labute approximate surface area is 134 Å². The van der Waals surface area contributed by atoms with E-state index in [4.69, 9.17) is 15.2 Å². The standard InChI is InChI=1S/C16H21N3O2S/c1-20-12-7-11-10-19(5-3-15-18-4-6-22-15)13(9-17)16(11)14(8-12)21-2/h4,6-8,13H,3,5,9-10,17H2,1-2H3. The van der Waals surface area contributed by atoms with Crippen molar-refractivity contribution in [2.24, 2.45) is 5.73 Å². The van der Waals surface area contributed by atoms with Crippen LogP contribution < -0.4 is 15.2 Å². The molecule has 2 N–H and O–H groups in total. The van der Waals surface area contributed by atoms with Crippen molar-refractivity contribution in [3.8, 4) is 11.5 Å². The van der Waals surface area contributed by atoms with Crippen LogP contribution in [0.1, 0.15) is 22.2 Å². The molecule has 118 valence electrons. The lowest BCUT2D eigenvalue weighted by Gasteiger charge is -2.24. The Morgan fingerprint density at radius 3 is 2.86 bits per heavy atom. The molecule has 0 radical (unpaired) electrons. The summed E-state index contributed by atoms with van der Waals surface area (Å²) in [6.07, 6.45) is 2.80. The van der Waals surface area contributed by atoms with Crippen molar-refractivity contribution in [2.75, 3.05) is 27.3 Å². The van der Waals surface area contributed by atoms with E-state index in [9.17, 15) is 0 Å². The van der Waals surface area contributed by atoms with Crippen molar-refractivity contribution in [3.63, 3.8) is 0 Å². The van der Waals surface area contributed by atoms with E-state index < -0.39 is 0 Å². The van der Waals surface area contributed by atoms with Crippen molar-refractivity contribution in [3.05, 3.63) is 39.8 Å². The molecule has 0 fully saturated rings. The van der Waals surface area contributed by atoms with Crippen LogP contribution in [0.3, 0.4) is 0 Å². The highest BCUT2D eigenvalue weighted by molar-refractivity contribution is 7.09. The van der Waals surface area contributed by atoms with Crippen molar-refractivity contribution < 1.29 is 9.47 Å². The first-order valence-corrected chi connectivity index (χ1v) is 8.22. The second-order valence-electron chi connectivity index (χ2n) is 5.30. The lowest BCUT2D eigenvalue weighted by Crippen LogP contribution is -2.29. The smallest absolute Gasteiger partial charge is 0.127 e. The van der Waals surface area contributed by atoms with Gasteiger partial charge >= 0.3 is 0 Å². The summed E-state index contributed by atoms with van der Waals surface area (Å²) in [5.74, 6) is 1.69. The van der Waals surface area contributed by atoms with E-state index in [1.807, 2.05) is 17.6 Å². The highest BCUT2D eigenvalue weighted by Crippen LogP contribution is 2.41. The second kappa shape index (κ2) is 6.64. The number of ether oxygens (including phenoxy) is 2. The molecule has 1 aromatic heterocycles. The Morgan fingerprint density at radius 1 is 1.36 bits per heavy atom. The molecule has 2 aromatic rings. The fraction of sp³-hybridized carbons (Fsp3) is 0.438. The zero-order valence-corrected chi connectivity index (χ0v) is 13.7. The molecule has 3 rings (SSSR count). The summed E-state index contributed by atoms with van der Waals surface area (Å²) in [5.41, 5.74) is 8.48. The quantitative estimate of drug-likeness (QED) is 0.884. The molecule has 22 heavy (non-hydrogen) atoms. The zero-order chi connectivity index (χ0) is 15.5. The van der Waals surface area contributed by atoms with Gasteiger partial charge in [0.2, 0.25) is 0 Å². The maximum absolute atomic E-state index is 6.04. The Kier molecular flexibility index (Phi) is 4.61. The molecule has 1 unspecified atom stereocenters. The van der Waals surface area contributed by atoms with Gasteiger partial charge in [0.15, 0.2) is 0 Å².